The van der Waals surface area contributed by atoms with Crippen LogP contribution in [-0.2, 0) is 25.3 Å². The second-order valence-electron chi connectivity index (χ2n) is 6.18. The molecular formula is C17H23NO6S. The van der Waals surface area contributed by atoms with Gasteiger partial charge in [0.1, 0.15) is 0 Å². The Morgan fingerprint density at radius 1 is 1.16 bits per heavy atom. The van der Waals surface area contributed by atoms with Gasteiger partial charge in [0.05, 0.1) is 23.8 Å². The van der Waals surface area contributed by atoms with Gasteiger partial charge in [-0.3, -0.25) is 4.79 Å². The third-order valence-corrected chi connectivity index (χ3v) is 5.65. The smallest absolute Gasteiger partial charge is 0.338 e. The van der Waals surface area contributed by atoms with Crippen LogP contribution < -0.4 is 4.72 Å². The molecule has 0 radical (unpaired) electrons. The van der Waals surface area contributed by atoms with E-state index in [-0.39, 0.29) is 24.3 Å². The molecule has 0 aliphatic heterocycles. The number of carbonyl (C=O) groups excluding carboxylic acids is 1. The van der Waals surface area contributed by atoms with Crippen molar-refractivity contribution in [1.82, 2.24) is 4.72 Å². The molecular weight excluding hydrogens is 346 g/mol. The van der Waals surface area contributed by atoms with E-state index < -0.39 is 22.0 Å². The Kier molecular flexibility index (Phi) is 6.55. The van der Waals surface area contributed by atoms with Gasteiger partial charge in [0.15, 0.2) is 0 Å². The molecule has 0 saturated heterocycles. The number of carboxylic acids is 1. The highest BCUT2D eigenvalue weighted by molar-refractivity contribution is 7.88. The van der Waals surface area contributed by atoms with Crippen LogP contribution >= 0.6 is 0 Å². The molecule has 1 saturated carbocycles. The molecule has 0 heterocycles. The molecule has 0 bridgehead atoms. The molecule has 25 heavy (non-hydrogen) atoms. The number of ether oxygens (including phenoxy) is 1. The lowest BCUT2D eigenvalue weighted by molar-refractivity contribution is -0.142. The first kappa shape index (κ1) is 19.4. The summed E-state index contributed by atoms with van der Waals surface area (Å²) in [5, 5.41) is 8.98. The van der Waals surface area contributed by atoms with Gasteiger partial charge in [0.2, 0.25) is 10.0 Å². The Morgan fingerprint density at radius 2 is 1.76 bits per heavy atom. The van der Waals surface area contributed by atoms with Gasteiger partial charge in [0, 0.05) is 6.04 Å². The van der Waals surface area contributed by atoms with Gasteiger partial charge in [0.25, 0.3) is 0 Å². The van der Waals surface area contributed by atoms with E-state index in [9.17, 15) is 18.0 Å². The summed E-state index contributed by atoms with van der Waals surface area (Å²) in [6.45, 7) is 2.00. The Bertz CT molecular complexity index is 705. The largest absolute Gasteiger partial charge is 0.481 e. The molecule has 1 fully saturated rings. The average Bonchev–Trinajstić information content (AvgIpc) is 2.55. The van der Waals surface area contributed by atoms with E-state index in [1.165, 1.54) is 0 Å². The normalized spacial score (nSPS) is 20.8. The molecule has 1 aliphatic rings. The van der Waals surface area contributed by atoms with E-state index in [0.29, 0.717) is 36.8 Å². The average molecular weight is 369 g/mol. The van der Waals surface area contributed by atoms with Gasteiger partial charge < -0.3 is 9.84 Å². The molecule has 0 aromatic heterocycles. The maximum atomic E-state index is 12.3. The zero-order valence-electron chi connectivity index (χ0n) is 14.1. The quantitative estimate of drug-likeness (QED) is 0.711. The van der Waals surface area contributed by atoms with Crippen LogP contribution in [0.1, 0.15) is 48.5 Å². The summed E-state index contributed by atoms with van der Waals surface area (Å²) in [4.78, 5) is 22.5. The Balaban J connectivity index is 1.91. The van der Waals surface area contributed by atoms with Crippen molar-refractivity contribution in [3.05, 3.63) is 35.4 Å². The zero-order chi connectivity index (χ0) is 18.4. The van der Waals surface area contributed by atoms with Gasteiger partial charge >= 0.3 is 11.9 Å². The van der Waals surface area contributed by atoms with E-state index >= 15 is 0 Å². The van der Waals surface area contributed by atoms with Crippen LogP contribution in [0.15, 0.2) is 24.3 Å². The number of rotatable bonds is 7. The highest BCUT2D eigenvalue weighted by Crippen LogP contribution is 2.25. The molecule has 0 spiro atoms. The highest BCUT2D eigenvalue weighted by atomic mass is 32.2. The maximum Gasteiger partial charge on any atom is 0.338 e. The lowest BCUT2D eigenvalue weighted by Gasteiger charge is -2.26. The van der Waals surface area contributed by atoms with Crippen molar-refractivity contribution in [3.8, 4) is 0 Å². The number of carboxylic acid groups (broad SMARTS) is 1. The first-order chi connectivity index (χ1) is 11.8. The molecule has 2 rings (SSSR count). The summed E-state index contributed by atoms with van der Waals surface area (Å²) >= 11 is 0. The number of hydrogen-bond donors (Lipinski definition) is 2. The van der Waals surface area contributed by atoms with E-state index in [1.54, 1.807) is 31.2 Å². The number of benzene rings is 1. The second-order valence-corrected chi connectivity index (χ2v) is 7.93. The van der Waals surface area contributed by atoms with Gasteiger partial charge in [-0.1, -0.05) is 12.1 Å². The Hall–Kier alpha value is -1.93. The highest BCUT2D eigenvalue weighted by Gasteiger charge is 2.28. The zero-order valence-corrected chi connectivity index (χ0v) is 14.9. The van der Waals surface area contributed by atoms with E-state index in [2.05, 4.69) is 4.72 Å². The molecule has 1 aliphatic carbocycles. The fourth-order valence-electron chi connectivity index (χ4n) is 2.92. The van der Waals surface area contributed by atoms with Crippen LogP contribution in [0.25, 0.3) is 0 Å². The van der Waals surface area contributed by atoms with Crippen molar-refractivity contribution in [1.29, 1.82) is 0 Å². The Morgan fingerprint density at radius 3 is 2.28 bits per heavy atom. The van der Waals surface area contributed by atoms with E-state index in [0.717, 1.165) is 0 Å². The molecule has 0 atom stereocenters. The van der Waals surface area contributed by atoms with Crippen molar-refractivity contribution in [2.45, 2.75) is 44.4 Å². The topological polar surface area (TPSA) is 110 Å². The SMILES string of the molecule is CCOC(=O)c1ccc(CS(=O)(=O)NC2CCC(C(=O)O)CC2)cc1. The van der Waals surface area contributed by atoms with Crippen LogP contribution in [0.2, 0.25) is 0 Å². The van der Waals surface area contributed by atoms with Crippen LogP contribution in [-0.4, -0.2) is 38.1 Å². The number of sulfonamides is 1. The molecule has 138 valence electrons. The monoisotopic (exact) mass is 369 g/mol. The fraction of sp³-hybridized carbons (Fsp3) is 0.529. The number of carbonyl (C=O) groups is 2. The van der Waals surface area contributed by atoms with Crippen molar-refractivity contribution >= 4 is 22.0 Å². The number of esters is 1. The van der Waals surface area contributed by atoms with E-state index in [4.69, 9.17) is 9.84 Å². The van der Waals surface area contributed by atoms with E-state index in [1.807, 2.05) is 0 Å². The minimum absolute atomic E-state index is 0.186. The standard InChI is InChI=1S/C17H23NO6S/c1-2-24-17(21)14-5-3-12(4-6-14)11-25(22,23)18-15-9-7-13(8-10-15)16(19)20/h3-6,13,15,18H,2,7-11H2,1H3,(H,19,20). The first-order valence-corrected chi connectivity index (χ1v) is 9.95. The number of aliphatic carboxylic acids is 1. The molecule has 0 amide bonds. The molecule has 1 aromatic rings. The molecule has 7 nitrogen and oxygen atoms in total. The van der Waals surface area contributed by atoms with Gasteiger partial charge in [-0.05, 0) is 50.3 Å². The first-order valence-electron chi connectivity index (χ1n) is 8.29. The third kappa shape index (κ3) is 5.82. The summed E-state index contributed by atoms with van der Waals surface area (Å²) in [7, 11) is -3.53. The number of nitrogens with one attached hydrogen (secondary N) is 1. The summed E-state index contributed by atoms with van der Waals surface area (Å²) in [6.07, 6.45) is 2.02. The molecule has 0 unspecified atom stereocenters. The third-order valence-electron chi connectivity index (χ3n) is 4.24. The van der Waals surface area contributed by atoms with Crippen molar-refractivity contribution in [2.24, 2.45) is 5.92 Å². The fourth-order valence-corrected chi connectivity index (χ4v) is 4.38. The van der Waals surface area contributed by atoms with Gasteiger partial charge in [-0.25, -0.2) is 17.9 Å². The van der Waals surface area contributed by atoms with Crippen LogP contribution in [0.4, 0.5) is 0 Å². The lowest BCUT2D eigenvalue weighted by atomic mass is 9.87. The van der Waals surface area contributed by atoms with Gasteiger partial charge in [-0.2, -0.15) is 0 Å². The minimum atomic E-state index is -3.53. The minimum Gasteiger partial charge on any atom is -0.481 e. The van der Waals surface area contributed by atoms with Crippen LogP contribution in [0.3, 0.4) is 0 Å². The predicted octanol–water partition coefficient (Wildman–Crippen LogP) is 1.93. The van der Waals surface area contributed by atoms with Gasteiger partial charge in [-0.15, -0.1) is 0 Å². The summed E-state index contributed by atoms with van der Waals surface area (Å²) < 4.78 is 32.1. The van der Waals surface area contributed by atoms with Crippen molar-refractivity contribution in [2.75, 3.05) is 6.61 Å². The molecule has 8 heteroatoms. The summed E-state index contributed by atoms with van der Waals surface area (Å²) in [6, 6.07) is 6.04. The Labute approximate surface area is 147 Å². The van der Waals surface area contributed by atoms with Crippen LogP contribution in [0, 0.1) is 5.92 Å². The summed E-state index contributed by atoms with van der Waals surface area (Å²) in [5.74, 6) is -1.82. The predicted molar refractivity (Wildman–Crippen MR) is 91.5 cm³/mol. The maximum absolute atomic E-state index is 12.3. The molecule has 2 N–H and O–H groups in total. The molecule has 1 aromatic carbocycles. The number of hydrogen-bond acceptors (Lipinski definition) is 5. The summed E-state index contributed by atoms with van der Waals surface area (Å²) in [5.41, 5.74) is 0.947. The van der Waals surface area contributed by atoms with Crippen molar-refractivity contribution in [3.63, 3.8) is 0 Å². The van der Waals surface area contributed by atoms with Crippen LogP contribution in [0.5, 0.6) is 0 Å². The second kappa shape index (κ2) is 8.44. The lowest BCUT2D eigenvalue weighted by Crippen LogP contribution is -2.39. The van der Waals surface area contributed by atoms with Crippen molar-refractivity contribution < 1.29 is 27.9 Å².